The molecule has 1 heterocycles. The van der Waals surface area contributed by atoms with E-state index in [2.05, 4.69) is 59.9 Å². The third-order valence-corrected chi connectivity index (χ3v) is 7.23. The van der Waals surface area contributed by atoms with Crippen molar-refractivity contribution in [2.24, 2.45) is 0 Å². The van der Waals surface area contributed by atoms with Crippen molar-refractivity contribution in [1.29, 1.82) is 0 Å². The average molecular weight is 510 g/mol. The molecule has 1 atom stereocenters. The fourth-order valence-corrected chi connectivity index (χ4v) is 5.48. The van der Waals surface area contributed by atoms with Gasteiger partial charge in [0.25, 0.3) is 0 Å². The fourth-order valence-electron chi connectivity index (χ4n) is 5.48. The van der Waals surface area contributed by atoms with Crippen LogP contribution in [0.4, 0.5) is 10.1 Å². The zero-order chi connectivity index (χ0) is 26.6. The molecule has 6 heteroatoms. The highest BCUT2D eigenvalue weighted by atomic mass is 19.1. The van der Waals surface area contributed by atoms with Crippen LogP contribution in [0.1, 0.15) is 59.0 Å². The van der Waals surface area contributed by atoms with Crippen LogP contribution >= 0.6 is 0 Å². The van der Waals surface area contributed by atoms with Gasteiger partial charge < -0.3 is 10.4 Å². The van der Waals surface area contributed by atoms with Crippen molar-refractivity contribution in [3.8, 4) is 0 Å². The van der Waals surface area contributed by atoms with Crippen LogP contribution in [0.3, 0.4) is 0 Å². The van der Waals surface area contributed by atoms with E-state index in [-0.39, 0.29) is 18.2 Å². The Kier molecular flexibility index (Phi) is 7.40. The predicted molar refractivity (Wildman–Crippen MR) is 149 cm³/mol. The molecule has 0 fully saturated rings. The number of carbonyl (C=O) groups is 1. The number of aryl methyl sites for hydroxylation is 1. The summed E-state index contributed by atoms with van der Waals surface area (Å²) >= 11 is 0. The van der Waals surface area contributed by atoms with Crippen LogP contribution in [0.25, 0.3) is 6.08 Å². The summed E-state index contributed by atoms with van der Waals surface area (Å²) < 4.78 is 15.6. The van der Waals surface area contributed by atoms with Gasteiger partial charge in [-0.1, -0.05) is 74.5 Å². The zero-order valence-corrected chi connectivity index (χ0v) is 21.7. The minimum absolute atomic E-state index is 0.00510. The number of aromatic nitrogens is 2. The van der Waals surface area contributed by atoms with Crippen molar-refractivity contribution in [3.63, 3.8) is 0 Å². The molecule has 38 heavy (non-hydrogen) atoms. The van der Waals surface area contributed by atoms with Gasteiger partial charge in [0.15, 0.2) is 0 Å². The molecule has 3 aromatic carbocycles. The highest BCUT2D eigenvalue weighted by molar-refractivity contribution is 5.71. The molecule has 2 N–H and O–H groups in total. The van der Waals surface area contributed by atoms with E-state index >= 15 is 0 Å². The van der Waals surface area contributed by atoms with Crippen LogP contribution in [0.5, 0.6) is 0 Å². The first-order valence-corrected chi connectivity index (χ1v) is 13.1. The molecular weight excluding hydrogens is 477 g/mol. The Morgan fingerprint density at radius 3 is 2.53 bits per heavy atom. The number of anilines is 1. The van der Waals surface area contributed by atoms with Crippen LogP contribution in [0, 0.1) is 5.82 Å². The normalized spacial score (nSPS) is 14.3. The predicted octanol–water partition coefficient (Wildman–Crippen LogP) is 6.46. The van der Waals surface area contributed by atoms with Crippen molar-refractivity contribution in [2.75, 3.05) is 11.9 Å². The van der Waals surface area contributed by atoms with Crippen molar-refractivity contribution >= 4 is 17.7 Å². The quantitative estimate of drug-likeness (QED) is 0.257. The third kappa shape index (κ3) is 5.25. The topological polar surface area (TPSA) is 67.2 Å². The van der Waals surface area contributed by atoms with Crippen LogP contribution < -0.4 is 5.32 Å². The minimum atomic E-state index is -0.828. The second-order valence-electron chi connectivity index (χ2n) is 9.69. The fraction of sp³-hybridized carbons (Fsp3) is 0.250. The highest BCUT2D eigenvalue weighted by Gasteiger charge is 2.26. The average Bonchev–Trinajstić information content (AvgIpc) is 3.44. The van der Waals surface area contributed by atoms with Crippen LogP contribution in [-0.4, -0.2) is 27.4 Å². The molecule has 0 aliphatic heterocycles. The smallest absolute Gasteiger partial charge is 0.307 e. The Bertz CT molecular complexity index is 1490. The number of carboxylic acid groups (broad SMARTS) is 1. The van der Waals surface area contributed by atoms with Crippen molar-refractivity contribution < 1.29 is 14.3 Å². The lowest BCUT2D eigenvalue weighted by molar-refractivity contribution is -0.136. The van der Waals surface area contributed by atoms with Gasteiger partial charge in [-0.15, -0.1) is 0 Å². The maximum atomic E-state index is 13.7. The van der Waals surface area contributed by atoms with Crippen molar-refractivity contribution in [3.05, 3.63) is 123 Å². The van der Waals surface area contributed by atoms with Gasteiger partial charge in [0, 0.05) is 29.4 Å². The molecule has 0 spiro atoms. The van der Waals surface area contributed by atoms with E-state index in [9.17, 15) is 14.3 Å². The van der Waals surface area contributed by atoms with E-state index < -0.39 is 5.97 Å². The lowest BCUT2D eigenvalue weighted by Crippen LogP contribution is -2.11. The number of carboxylic acids is 1. The van der Waals surface area contributed by atoms with E-state index in [1.54, 1.807) is 6.07 Å². The van der Waals surface area contributed by atoms with Crippen molar-refractivity contribution in [1.82, 2.24) is 9.78 Å². The van der Waals surface area contributed by atoms with E-state index in [1.165, 1.54) is 34.4 Å². The van der Waals surface area contributed by atoms with Gasteiger partial charge in [-0.2, -0.15) is 5.10 Å². The lowest BCUT2D eigenvalue weighted by atomic mass is 9.88. The number of hydrogen-bond acceptors (Lipinski definition) is 3. The molecule has 194 valence electrons. The summed E-state index contributed by atoms with van der Waals surface area (Å²) in [6.45, 7) is 5.27. The van der Waals surface area contributed by atoms with Crippen LogP contribution in [-0.2, 0) is 30.6 Å². The molecule has 1 aromatic heterocycles. The minimum Gasteiger partial charge on any atom is -0.481 e. The summed E-state index contributed by atoms with van der Waals surface area (Å²) in [6, 6.07) is 23.6. The first-order valence-electron chi connectivity index (χ1n) is 13.1. The van der Waals surface area contributed by atoms with E-state index in [4.69, 9.17) is 5.10 Å². The molecule has 0 saturated heterocycles. The number of nitrogens with zero attached hydrogens (tertiary/aromatic N) is 2. The largest absolute Gasteiger partial charge is 0.481 e. The van der Waals surface area contributed by atoms with Crippen LogP contribution in [0.15, 0.2) is 78.4 Å². The highest BCUT2D eigenvalue weighted by Crippen LogP contribution is 2.41. The molecule has 0 radical (unpaired) electrons. The summed E-state index contributed by atoms with van der Waals surface area (Å²) in [5, 5.41) is 17.5. The Labute approximate surface area is 222 Å². The Balaban J connectivity index is 1.39. The van der Waals surface area contributed by atoms with E-state index in [0.29, 0.717) is 19.5 Å². The summed E-state index contributed by atoms with van der Waals surface area (Å²) in [4.78, 5) is 11.4. The number of halogens is 1. The molecular formula is C32H32FN3O2. The van der Waals surface area contributed by atoms with Gasteiger partial charge in [0.05, 0.1) is 18.7 Å². The molecule has 5 nitrogen and oxygen atoms in total. The van der Waals surface area contributed by atoms with E-state index in [1.807, 2.05) is 24.6 Å². The van der Waals surface area contributed by atoms with Gasteiger partial charge >= 0.3 is 5.97 Å². The SMILES string of the molecule is CCc1nn(Cc2ccc(C3C(CNc4cccc(F)c4)=Cc4ccccc43)cc2)c(CC)c1CC(=O)O. The van der Waals surface area contributed by atoms with Crippen LogP contribution in [0.2, 0.25) is 0 Å². The molecule has 0 amide bonds. The van der Waals surface area contributed by atoms with Gasteiger partial charge in [0.1, 0.15) is 5.82 Å². The number of hydrogen-bond donors (Lipinski definition) is 2. The summed E-state index contributed by atoms with van der Waals surface area (Å²) in [6.07, 6.45) is 3.68. The van der Waals surface area contributed by atoms with Gasteiger partial charge in [-0.05, 0) is 58.9 Å². The summed E-state index contributed by atoms with van der Waals surface area (Å²) in [7, 11) is 0. The van der Waals surface area contributed by atoms with Gasteiger partial charge in [-0.25, -0.2) is 4.39 Å². The Hall–Kier alpha value is -4.19. The van der Waals surface area contributed by atoms with E-state index in [0.717, 1.165) is 34.6 Å². The zero-order valence-electron chi connectivity index (χ0n) is 21.7. The Morgan fingerprint density at radius 1 is 1.03 bits per heavy atom. The monoisotopic (exact) mass is 509 g/mol. The molecule has 0 bridgehead atoms. The number of fused-ring (bicyclic) bond motifs is 1. The summed E-state index contributed by atoms with van der Waals surface area (Å²) in [5.41, 5.74) is 9.48. The second-order valence-corrected chi connectivity index (χ2v) is 9.69. The van der Waals surface area contributed by atoms with Gasteiger partial charge in [-0.3, -0.25) is 9.48 Å². The third-order valence-electron chi connectivity index (χ3n) is 7.23. The lowest BCUT2D eigenvalue weighted by Gasteiger charge is -2.19. The molecule has 1 aliphatic carbocycles. The maximum Gasteiger partial charge on any atom is 0.307 e. The number of benzene rings is 3. The van der Waals surface area contributed by atoms with Crippen molar-refractivity contribution in [2.45, 2.75) is 45.6 Å². The molecule has 4 aromatic rings. The standard InChI is InChI=1S/C32H32FN3O2/c1-3-29-28(18-31(37)38)30(4-2)36(35-29)20-21-12-14-22(15-13-21)32-24(16-23-8-5-6-11-27(23)32)19-34-26-10-7-9-25(33)17-26/h5-17,32,34H,3-4,18-20H2,1-2H3,(H,37,38). The Morgan fingerprint density at radius 2 is 1.82 bits per heavy atom. The second kappa shape index (κ2) is 11.1. The van der Waals surface area contributed by atoms with Gasteiger partial charge in [0.2, 0.25) is 0 Å². The number of nitrogens with one attached hydrogen (secondary N) is 1. The number of aliphatic carboxylic acids is 1. The molecule has 1 aliphatic rings. The first kappa shape index (κ1) is 25.5. The maximum absolute atomic E-state index is 13.7. The molecule has 5 rings (SSSR count). The first-order chi connectivity index (χ1) is 18.5. The molecule has 0 saturated carbocycles. The molecule has 1 unspecified atom stereocenters. The summed E-state index contributed by atoms with van der Waals surface area (Å²) in [5.74, 6) is -0.965. The number of rotatable bonds is 10.